The molecule has 0 aromatic carbocycles. The van der Waals surface area contributed by atoms with Gasteiger partial charge < -0.3 is 22.3 Å². The summed E-state index contributed by atoms with van der Waals surface area (Å²) in [5.41, 5.74) is 16.2. The Kier molecular flexibility index (Phi) is 16.0. The zero-order valence-electron chi connectivity index (χ0n) is 17.1. The van der Waals surface area contributed by atoms with E-state index in [1.54, 1.807) is 0 Å². The third-order valence-corrected chi connectivity index (χ3v) is 5.30. The molecule has 0 radical (unpaired) electrons. The summed E-state index contributed by atoms with van der Waals surface area (Å²) < 4.78 is 0. The highest BCUT2D eigenvalue weighted by molar-refractivity contribution is 5.78. The second kappa shape index (κ2) is 16.5. The molecule has 0 amide bonds. The first-order chi connectivity index (χ1) is 12.6. The van der Waals surface area contributed by atoms with E-state index >= 15 is 0 Å². The number of nitrogens with zero attached hydrogens (tertiary/aromatic N) is 1. The smallest absolute Gasteiger partial charge is 0.324 e. The minimum atomic E-state index is -0.970. The van der Waals surface area contributed by atoms with Gasteiger partial charge in [0.1, 0.15) is 5.54 Å². The first-order valence-corrected chi connectivity index (χ1v) is 10.7. The minimum Gasteiger partial charge on any atom is -0.480 e. The number of hydrogen-bond acceptors (Lipinski definition) is 5. The molecule has 0 rings (SSSR count). The molecule has 0 atom stereocenters. The Morgan fingerprint density at radius 1 is 0.769 bits per heavy atom. The third-order valence-electron chi connectivity index (χ3n) is 5.30. The second-order valence-electron chi connectivity index (χ2n) is 7.37. The predicted octanol–water partition coefficient (Wildman–Crippen LogP) is 2.69. The van der Waals surface area contributed by atoms with Crippen LogP contribution in [0.3, 0.4) is 0 Å². The minimum absolute atomic E-state index is 0.339. The van der Waals surface area contributed by atoms with Gasteiger partial charge in [0, 0.05) is 13.1 Å². The average Bonchev–Trinajstić information content (AvgIpc) is 2.62. The lowest BCUT2D eigenvalue weighted by molar-refractivity contribution is -0.152. The monoisotopic (exact) mass is 372 g/mol. The number of nitrogens with two attached hydrogens (primary N) is 3. The molecule has 7 N–H and O–H groups in total. The molecule has 0 fully saturated rings. The maximum Gasteiger partial charge on any atom is 0.324 e. The van der Waals surface area contributed by atoms with Gasteiger partial charge in [0.2, 0.25) is 0 Å². The number of aliphatic carboxylic acids is 1. The lowest BCUT2D eigenvalue weighted by Crippen LogP contribution is -2.58. The van der Waals surface area contributed by atoms with Crippen LogP contribution in [-0.2, 0) is 4.79 Å². The first kappa shape index (κ1) is 25.3. The van der Waals surface area contributed by atoms with Crippen LogP contribution in [0.4, 0.5) is 0 Å². The van der Waals surface area contributed by atoms with Crippen molar-refractivity contribution in [2.24, 2.45) is 17.2 Å². The maximum atomic E-state index is 12.0. The number of carbonyl (C=O) groups is 1. The van der Waals surface area contributed by atoms with Crippen LogP contribution in [0, 0.1) is 0 Å². The summed E-state index contributed by atoms with van der Waals surface area (Å²) in [7, 11) is 0. The van der Waals surface area contributed by atoms with E-state index in [-0.39, 0.29) is 0 Å². The van der Waals surface area contributed by atoms with Crippen molar-refractivity contribution in [3.05, 3.63) is 0 Å². The van der Waals surface area contributed by atoms with E-state index in [1.165, 1.54) is 51.4 Å². The van der Waals surface area contributed by atoms with Crippen molar-refractivity contribution in [3.63, 3.8) is 0 Å². The molecular formula is C20H44N4O2. The van der Waals surface area contributed by atoms with Crippen LogP contribution in [0.5, 0.6) is 0 Å². The van der Waals surface area contributed by atoms with E-state index in [1.807, 2.05) is 4.90 Å². The fourth-order valence-electron chi connectivity index (χ4n) is 3.75. The summed E-state index contributed by atoms with van der Waals surface area (Å²) in [5.74, 6) is -0.825. The van der Waals surface area contributed by atoms with Gasteiger partial charge in [0.05, 0.1) is 0 Å². The molecule has 6 nitrogen and oxygen atoms in total. The molecule has 0 heterocycles. The summed E-state index contributed by atoms with van der Waals surface area (Å²) in [5, 5.41) is 9.85. The van der Waals surface area contributed by atoms with E-state index in [2.05, 4.69) is 6.92 Å². The van der Waals surface area contributed by atoms with Crippen molar-refractivity contribution in [2.45, 2.75) is 89.5 Å². The van der Waals surface area contributed by atoms with E-state index in [0.29, 0.717) is 39.0 Å². The van der Waals surface area contributed by atoms with E-state index < -0.39 is 11.5 Å². The van der Waals surface area contributed by atoms with Crippen molar-refractivity contribution in [2.75, 3.05) is 32.7 Å². The first-order valence-electron chi connectivity index (χ1n) is 10.7. The largest absolute Gasteiger partial charge is 0.480 e. The maximum absolute atomic E-state index is 12.0. The molecule has 0 aliphatic rings. The summed E-state index contributed by atoms with van der Waals surface area (Å²) in [6, 6.07) is 0. The van der Waals surface area contributed by atoms with Gasteiger partial charge in [-0.05, 0) is 38.9 Å². The Hall–Kier alpha value is -0.690. The van der Waals surface area contributed by atoms with Crippen LogP contribution in [0.25, 0.3) is 0 Å². The molecule has 0 aliphatic carbocycles. The fraction of sp³-hybridized carbons (Fsp3) is 0.950. The van der Waals surface area contributed by atoms with Crippen LogP contribution in [0.15, 0.2) is 0 Å². The van der Waals surface area contributed by atoms with Gasteiger partial charge in [-0.1, -0.05) is 64.7 Å². The normalized spacial score (nSPS) is 12.0. The molecule has 156 valence electrons. The second-order valence-corrected chi connectivity index (χ2v) is 7.37. The van der Waals surface area contributed by atoms with Crippen molar-refractivity contribution >= 4 is 5.97 Å². The van der Waals surface area contributed by atoms with Gasteiger partial charge in [0.25, 0.3) is 0 Å². The SMILES string of the molecule is CCCCCCCCCCCCN(CCN)C(CCN)(CCN)C(=O)O. The lowest BCUT2D eigenvalue weighted by Gasteiger charge is -2.40. The number of carboxylic acid groups (broad SMARTS) is 1. The van der Waals surface area contributed by atoms with Crippen molar-refractivity contribution in [1.29, 1.82) is 0 Å². The van der Waals surface area contributed by atoms with Crippen molar-refractivity contribution in [1.82, 2.24) is 4.90 Å². The molecule has 0 aromatic rings. The quantitative estimate of drug-likeness (QED) is 0.259. The van der Waals surface area contributed by atoms with Crippen LogP contribution in [0.2, 0.25) is 0 Å². The van der Waals surface area contributed by atoms with E-state index in [9.17, 15) is 9.90 Å². The Balaban J connectivity index is 4.29. The van der Waals surface area contributed by atoms with Crippen LogP contribution >= 0.6 is 0 Å². The molecule has 0 spiro atoms. The number of hydrogen-bond donors (Lipinski definition) is 4. The molecular weight excluding hydrogens is 328 g/mol. The molecule has 0 aromatic heterocycles. The Morgan fingerprint density at radius 2 is 1.23 bits per heavy atom. The Morgan fingerprint density at radius 3 is 1.62 bits per heavy atom. The zero-order chi connectivity index (χ0) is 19.7. The molecule has 0 saturated carbocycles. The fourth-order valence-corrected chi connectivity index (χ4v) is 3.75. The number of rotatable bonds is 19. The van der Waals surface area contributed by atoms with Crippen molar-refractivity contribution < 1.29 is 9.90 Å². The Labute approximate surface area is 160 Å². The van der Waals surface area contributed by atoms with Crippen molar-refractivity contribution in [3.8, 4) is 0 Å². The highest BCUT2D eigenvalue weighted by Gasteiger charge is 2.42. The third kappa shape index (κ3) is 9.86. The highest BCUT2D eigenvalue weighted by atomic mass is 16.4. The summed E-state index contributed by atoms with van der Waals surface area (Å²) >= 11 is 0. The highest BCUT2D eigenvalue weighted by Crippen LogP contribution is 2.25. The topological polar surface area (TPSA) is 119 Å². The van der Waals surface area contributed by atoms with Gasteiger partial charge in [-0.3, -0.25) is 9.69 Å². The summed E-state index contributed by atoms with van der Waals surface area (Å²) in [6.45, 7) is 4.69. The summed E-state index contributed by atoms with van der Waals surface area (Å²) in [4.78, 5) is 14.0. The average molecular weight is 373 g/mol. The Bertz CT molecular complexity index is 334. The van der Waals surface area contributed by atoms with E-state index in [0.717, 1.165) is 19.4 Å². The molecule has 0 aliphatic heterocycles. The molecule has 0 unspecified atom stereocenters. The van der Waals surface area contributed by atoms with Crippen LogP contribution in [-0.4, -0.2) is 54.2 Å². The summed E-state index contributed by atoms with van der Waals surface area (Å²) in [6.07, 6.45) is 13.5. The van der Waals surface area contributed by atoms with Gasteiger partial charge >= 0.3 is 5.97 Å². The van der Waals surface area contributed by atoms with Gasteiger partial charge in [-0.15, -0.1) is 0 Å². The number of unbranched alkanes of at least 4 members (excludes halogenated alkanes) is 9. The van der Waals surface area contributed by atoms with Gasteiger partial charge in [-0.2, -0.15) is 0 Å². The van der Waals surface area contributed by atoms with Crippen LogP contribution < -0.4 is 17.2 Å². The molecule has 6 heteroatoms. The number of carboxylic acids is 1. The molecule has 0 bridgehead atoms. The van der Waals surface area contributed by atoms with Crippen LogP contribution in [0.1, 0.15) is 84.0 Å². The van der Waals surface area contributed by atoms with E-state index in [4.69, 9.17) is 17.2 Å². The molecule has 0 saturated heterocycles. The van der Waals surface area contributed by atoms with Gasteiger partial charge in [-0.25, -0.2) is 0 Å². The standard InChI is InChI=1S/C20H44N4O2/c1-2-3-4-5-6-7-8-9-10-11-17-24(18-16-23)20(12-14-21,13-15-22)19(25)26/h2-18,21-23H2,1H3,(H,25,26). The predicted molar refractivity (Wildman–Crippen MR) is 110 cm³/mol. The van der Waals surface area contributed by atoms with Gasteiger partial charge in [0.15, 0.2) is 0 Å². The zero-order valence-corrected chi connectivity index (χ0v) is 17.1. The lowest BCUT2D eigenvalue weighted by atomic mass is 9.88. The molecule has 26 heavy (non-hydrogen) atoms.